The van der Waals surface area contributed by atoms with Gasteiger partial charge < -0.3 is 0 Å². The van der Waals surface area contributed by atoms with Crippen molar-refractivity contribution in [3.8, 4) is 17.1 Å². The molecule has 39 heavy (non-hydrogen) atoms. The molecule has 0 atom stereocenters. The van der Waals surface area contributed by atoms with Gasteiger partial charge in [-0.15, -0.1) is 9.59 Å². The summed E-state index contributed by atoms with van der Waals surface area (Å²) in [6, 6.07) is 10.1. The van der Waals surface area contributed by atoms with Crippen LogP contribution in [-0.2, 0) is 12.8 Å². The van der Waals surface area contributed by atoms with Gasteiger partial charge in [0.15, 0.2) is 0 Å². The Morgan fingerprint density at radius 3 is 2.00 bits per heavy atom. The summed E-state index contributed by atoms with van der Waals surface area (Å²) in [6.45, 7) is 7.94. The molecule has 0 N–H and O–H groups in total. The summed E-state index contributed by atoms with van der Waals surface area (Å²) in [7, 11) is 0. The van der Waals surface area contributed by atoms with E-state index >= 15 is 0 Å². The Morgan fingerprint density at radius 2 is 1.31 bits per heavy atom. The van der Waals surface area contributed by atoms with Crippen LogP contribution >= 0.6 is 0 Å². The third-order valence-corrected chi connectivity index (χ3v) is 6.54. The number of aryl methyl sites for hydroxylation is 4. The molecule has 0 unspecified atom stereocenters. The number of aromatic nitrogens is 11. The van der Waals surface area contributed by atoms with Crippen molar-refractivity contribution in [1.29, 1.82) is 0 Å². The molecule has 0 saturated carbocycles. The lowest BCUT2D eigenvalue weighted by atomic mass is 10.0. The van der Waals surface area contributed by atoms with E-state index in [2.05, 4.69) is 48.7 Å². The fourth-order valence-corrected chi connectivity index (χ4v) is 4.69. The van der Waals surface area contributed by atoms with Crippen LogP contribution in [0.1, 0.15) is 45.3 Å². The molecular formula is C28H27N11. The molecule has 0 aromatic carbocycles. The van der Waals surface area contributed by atoms with Gasteiger partial charge >= 0.3 is 0 Å². The SMILES string of the molecule is Cc1cc(Cc2nn(-c3ccc(C)nc3C)cc2Cc2ccc(-n3nccn3)c(C)n2)c(-n2nccn2)cn1. The minimum atomic E-state index is 0.579. The fourth-order valence-electron chi connectivity index (χ4n) is 4.69. The molecule has 0 aliphatic carbocycles. The van der Waals surface area contributed by atoms with Crippen molar-refractivity contribution in [2.24, 2.45) is 0 Å². The quantitative estimate of drug-likeness (QED) is 0.315. The van der Waals surface area contributed by atoms with E-state index in [9.17, 15) is 0 Å². The van der Waals surface area contributed by atoms with Crippen molar-refractivity contribution >= 4 is 0 Å². The maximum absolute atomic E-state index is 5.05. The Hall–Kier alpha value is -5.06. The predicted octanol–water partition coefficient (Wildman–Crippen LogP) is 3.63. The molecule has 0 aliphatic rings. The van der Waals surface area contributed by atoms with Crippen LogP contribution in [0, 0.1) is 27.7 Å². The monoisotopic (exact) mass is 517 g/mol. The van der Waals surface area contributed by atoms with Crippen LogP contribution in [0.5, 0.6) is 0 Å². The number of rotatable bonds is 7. The van der Waals surface area contributed by atoms with Gasteiger partial charge in [-0.25, -0.2) is 4.68 Å². The second-order valence-corrected chi connectivity index (χ2v) is 9.45. The highest BCUT2D eigenvalue weighted by Crippen LogP contribution is 2.24. The molecule has 0 radical (unpaired) electrons. The van der Waals surface area contributed by atoms with Gasteiger partial charge in [-0.3, -0.25) is 15.0 Å². The lowest BCUT2D eigenvalue weighted by Gasteiger charge is -2.10. The molecule has 0 saturated heterocycles. The number of hydrogen-bond donors (Lipinski definition) is 0. The molecule has 6 rings (SSSR count). The normalized spacial score (nSPS) is 11.3. The van der Waals surface area contributed by atoms with Gasteiger partial charge in [0.1, 0.15) is 11.4 Å². The lowest BCUT2D eigenvalue weighted by Crippen LogP contribution is -2.07. The molecule has 0 fully saturated rings. The largest absolute Gasteiger partial charge is 0.259 e. The van der Waals surface area contributed by atoms with Crippen molar-refractivity contribution < 1.29 is 0 Å². The minimum Gasteiger partial charge on any atom is -0.259 e. The molecule has 6 heterocycles. The number of nitrogens with zero attached hydrogens (tertiary/aromatic N) is 11. The Morgan fingerprint density at radius 1 is 0.641 bits per heavy atom. The van der Waals surface area contributed by atoms with Crippen LogP contribution in [0.3, 0.4) is 0 Å². The first-order valence-corrected chi connectivity index (χ1v) is 12.6. The van der Waals surface area contributed by atoms with E-state index in [0.717, 1.165) is 62.4 Å². The van der Waals surface area contributed by atoms with Gasteiger partial charge in [-0.2, -0.15) is 25.5 Å². The zero-order valence-corrected chi connectivity index (χ0v) is 22.2. The average Bonchev–Trinajstić information content (AvgIpc) is 3.68. The first kappa shape index (κ1) is 24.3. The van der Waals surface area contributed by atoms with Crippen molar-refractivity contribution in [2.75, 3.05) is 0 Å². The first-order chi connectivity index (χ1) is 18.9. The summed E-state index contributed by atoms with van der Waals surface area (Å²) in [5.74, 6) is 0. The van der Waals surface area contributed by atoms with Gasteiger partial charge in [-0.1, -0.05) is 0 Å². The molecule has 11 heteroatoms. The van der Waals surface area contributed by atoms with E-state index in [1.807, 2.05) is 56.8 Å². The van der Waals surface area contributed by atoms with Crippen LogP contribution < -0.4 is 0 Å². The van der Waals surface area contributed by atoms with Crippen LogP contribution in [0.2, 0.25) is 0 Å². The van der Waals surface area contributed by atoms with Gasteiger partial charge in [0, 0.05) is 41.7 Å². The van der Waals surface area contributed by atoms with Crippen molar-refractivity contribution in [3.63, 3.8) is 0 Å². The summed E-state index contributed by atoms with van der Waals surface area (Å²) in [4.78, 5) is 17.2. The van der Waals surface area contributed by atoms with E-state index in [4.69, 9.17) is 10.1 Å². The fraction of sp³-hybridized carbons (Fsp3) is 0.214. The van der Waals surface area contributed by atoms with Crippen LogP contribution in [0.25, 0.3) is 17.1 Å². The average molecular weight is 518 g/mol. The zero-order chi connectivity index (χ0) is 26.9. The Bertz CT molecular complexity index is 1750. The summed E-state index contributed by atoms with van der Waals surface area (Å²) < 4.78 is 1.92. The first-order valence-electron chi connectivity index (χ1n) is 12.6. The number of hydrogen-bond acceptors (Lipinski definition) is 8. The highest BCUT2D eigenvalue weighted by atomic mass is 15.5. The van der Waals surface area contributed by atoms with Gasteiger partial charge in [-0.05, 0) is 63.6 Å². The smallest absolute Gasteiger partial charge is 0.108 e. The summed E-state index contributed by atoms with van der Waals surface area (Å²) in [5, 5.41) is 22.2. The number of pyridine rings is 3. The van der Waals surface area contributed by atoms with Crippen molar-refractivity contribution in [2.45, 2.75) is 40.5 Å². The van der Waals surface area contributed by atoms with E-state index in [1.165, 1.54) is 0 Å². The van der Waals surface area contributed by atoms with E-state index < -0.39 is 0 Å². The topological polar surface area (TPSA) is 118 Å². The third-order valence-electron chi connectivity index (χ3n) is 6.54. The molecule has 6 aromatic rings. The molecule has 11 nitrogen and oxygen atoms in total. The summed E-state index contributed by atoms with van der Waals surface area (Å²) in [5.41, 5.74) is 10.3. The second kappa shape index (κ2) is 10.0. The molecule has 0 spiro atoms. The van der Waals surface area contributed by atoms with Crippen molar-refractivity contribution in [3.05, 3.63) is 113 Å². The summed E-state index contributed by atoms with van der Waals surface area (Å²) >= 11 is 0. The molecule has 194 valence electrons. The predicted molar refractivity (Wildman–Crippen MR) is 144 cm³/mol. The maximum atomic E-state index is 5.05. The molecule has 6 aromatic heterocycles. The van der Waals surface area contributed by atoms with Crippen LogP contribution in [0.15, 0.2) is 67.5 Å². The van der Waals surface area contributed by atoms with E-state index in [0.29, 0.717) is 12.8 Å². The lowest BCUT2D eigenvalue weighted by molar-refractivity contribution is 0.736. The van der Waals surface area contributed by atoms with Gasteiger partial charge in [0.2, 0.25) is 0 Å². The Kier molecular flexibility index (Phi) is 6.23. The van der Waals surface area contributed by atoms with E-state index in [1.54, 1.807) is 34.4 Å². The Balaban J connectivity index is 1.41. The van der Waals surface area contributed by atoms with Crippen LogP contribution in [0.4, 0.5) is 0 Å². The highest BCUT2D eigenvalue weighted by molar-refractivity contribution is 5.44. The minimum absolute atomic E-state index is 0.579. The highest BCUT2D eigenvalue weighted by Gasteiger charge is 2.18. The zero-order valence-electron chi connectivity index (χ0n) is 22.2. The van der Waals surface area contributed by atoms with Crippen LogP contribution in [-0.4, -0.2) is 54.7 Å². The standard InChI is InChI=1S/C28H27N11/c1-18-5-7-26(20(3)34-18)37-17-23(14-24-6-8-27(21(4)35-24)38-30-9-10-31-38)25(36-37)15-22-13-19(2)29-16-28(22)39-32-11-12-33-39/h5-13,16-17H,14-15H2,1-4H3. The van der Waals surface area contributed by atoms with Crippen molar-refractivity contribution in [1.82, 2.24) is 54.7 Å². The van der Waals surface area contributed by atoms with E-state index in [-0.39, 0.29) is 0 Å². The Labute approximate surface area is 225 Å². The second-order valence-electron chi connectivity index (χ2n) is 9.45. The molecule has 0 bridgehead atoms. The third kappa shape index (κ3) is 4.93. The van der Waals surface area contributed by atoms with Gasteiger partial charge in [0.25, 0.3) is 0 Å². The molecule has 0 aliphatic heterocycles. The summed E-state index contributed by atoms with van der Waals surface area (Å²) in [6.07, 6.45) is 11.7. The molecule has 0 amide bonds. The maximum Gasteiger partial charge on any atom is 0.108 e. The van der Waals surface area contributed by atoms with Gasteiger partial charge in [0.05, 0.1) is 53.8 Å². The molecular weight excluding hydrogens is 490 g/mol.